The number of nitrogens with zero attached hydrogens (tertiary/aromatic N) is 2. The first-order valence-electron chi connectivity index (χ1n) is 34.1. The molecule has 12 aromatic carbocycles. The van der Waals surface area contributed by atoms with Crippen LogP contribution in [0.5, 0.6) is 0 Å². The highest BCUT2D eigenvalue weighted by Gasteiger charge is 2.32. The average molecular weight is 1220 g/mol. The summed E-state index contributed by atoms with van der Waals surface area (Å²) in [5.41, 5.74) is 21.3. The maximum absolute atomic E-state index is 6.10. The van der Waals surface area contributed by atoms with E-state index in [9.17, 15) is 0 Å². The summed E-state index contributed by atoms with van der Waals surface area (Å²) in [6, 6.07) is 57.3. The number of aromatic nitrogens is 4. The van der Waals surface area contributed by atoms with Crippen molar-refractivity contribution in [3.63, 3.8) is 0 Å². The van der Waals surface area contributed by atoms with Crippen LogP contribution in [0.15, 0.2) is 146 Å². The summed E-state index contributed by atoms with van der Waals surface area (Å²) < 4.78 is 0. The van der Waals surface area contributed by atoms with Crippen molar-refractivity contribution in [2.24, 2.45) is 0 Å². The fraction of sp³-hybridized carbons (Fsp3) is 0.267. The summed E-state index contributed by atoms with van der Waals surface area (Å²) in [7, 11) is 0. The SMILES string of the molecule is CC(C)(C)c1cc(-c2c3nc(c(-c4cc(C(C)(C)C)cc(C(C)(C)C)c4)c4cc5c6cc7c8ccccc8c8ccc9c%10ccccc%10c%10cc(c(c%11nc(c(-c%12cc(C(C)(C)C)cc(C(C)(C)C)c%12)c%12ccc2[nH]%12)C=C%11)c5[nH]4)c6c2c7c8c9c%102)C=C3)cc(C(C)(C)C)c1. The van der Waals surface area contributed by atoms with E-state index in [0.717, 1.165) is 83.6 Å². The topological polar surface area (TPSA) is 57.4 Å². The summed E-state index contributed by atoms with van der Waals surface area (Å²) in [4.78, 5) is 20.7. The quantitative estimate of drug-likeness (QED) is 0.137. The Kier molecular flexibility index (Phi) is 11.9. The van der Waals surface area contributed by atoms with E-state index in [1.54, 1.807) is 0 Å². The number of fused-ring (bicyclic) bond motifs is 16. The third kappa shape index (κ3) is 8.62. The van der Waals surface area contributed by atoms with Gasteiger partial charge in [0.2, 0.25) is 0 Å². The summed E-state index contributed by atoms with van der Waals surface area (Å²) in [6.07, 6.45) is 9.21. The molecule has 4 nitrogen and oxygen atoms in total. The molecule has 0 radical (unpaired) electrons. The van der Waals surface area contributed by atoms with Gasteiger partial charge in [0.1, 0.15) is 0 Å². The fourth-order valence-corrected chi connectivity index (χ4v) is 16.1. The molecule has 5 heterocycles. The molecule has 464 valence electrons. The molecular formula is C90H84N4. The fourth-order valence-electron chi connectivity index (χ4n) is 16.1. The average Bonchev–Trinajstić information content (AvgIpc) is 1.49. The van der Waals surface area contributed by atoms with E-state index < -0.39 is 0 Å². The van der Waals surface area contributed by atoms with Crippen LogP contribution in [-0.4, -0.2) is 19.9 Å². The van der Waals surface area contributed by atoms with Crippen LogP contribution < -0.4 is 0 Å². The van der Waals surface area contributed by atoms with E-state index in [1.807, 2.05) is 0 Å². The molecule has 0 aliphatic carbocycles. The third-order valence-corrected chi connectivity index (χ3v) is 21.4. The van der Waals surface area contributed by atoms with Crippen molar-refractivity contribution in [3.8, 4) is 33.4 Å². The van der Waals surface area contributed by atoms with Crippen molar-refractivity contribution < 1.29 is 0 Å². The first-order chi connectivity index (χ1) is 44.4. The number of benzene rings is 11. The van der Waals surface area contributed by atoms with Gasteiger partial charge < -0.3 is 9.97 Å². The minimum atomic E-state index is -0.141. The lowest BCUT2D eigenvalue weighted by atomic mass is 9.78. The Hall–Kier alpha value is -9.38. The van der Waals surface area contributed by atoms with Gasteiger partial charge in [0, 0.05) is 44.0 Å². The molecule has 3 aromatic heterocycles. The summed E-state index contributed by atoms with van der Waals surface area (Å²) >= 11 is 0. The van der Waals surface area contributed by atoms with Gasteiger partial charge in [-0.2, -0.15) is 0 Å². The van der Waals surface area contributed by atoms with Crippen LogP contribution >= 0.6 is 0 Å². The number of rotatable bonds is 3. The molecular weight excluding hydrogens is 1140 g/mol. The molecule has 15 aromatic rings. The van der Waals surface area contributed by atoms with Crippen LogP contribution in [0.25, 0.3) is 177 Å². The van der Waals surface area contributed by atoms with Gasteiger partial charge >= 0.3 is 0 Å². The van der Waals surface area contributed by atoms with Crippen LogP contribution in [-0.2, 0) is 32.5 Å². The van der Waals surface area contributed by atoms with Gasteiger partial charge in [-0.15, -0.1) is 0 Å². The molecule has 17 rings (SSSR count). The number of nitrogens with one attached hydrogen (secondary N) is 2. The third-order valence-electron chi connectivity index (χ3n) is 21.4. The summed E-state index contributed by atoms with van der Waals surface area (Å²) in [5.74, 6) is 0. The van der Waals surface area contributed by atoms with Crippen LogP contribution in [0.4, 0.5) is 0 Å². The molecule has 0 amide bonds. The summed E-state index contributed by atoms with van der Waals surface area (Å²) in [6.45, 7) is 42.1. The van der Waals surface area contributed by atoms with Crippen LogP contribution in [0, 0.1) is 0 Å². The molecule has 0 spiro atoms. The van der Waals surface area contributed by atoms with Gasteiger partial charge in [0.15, 0.2) is 0 Å². The first kappa shape index (κ1) is 58.4. The van der Waals surface area contributed by atoms with E-state index in [4.69, 9.17) is 9.97 Å². The van der Waals surface area contributed by atoms with Crippen molar-refractivity contribution in [3.05, 3.63) is 202 Å². The normalized spacial score (nSPS) is 14.0. The Bertz CT molecular complexity index is 5870. The molecule has 0 saturated carbocycles. The van der Waals surface area contributed by atoms with E-state index >= 15 is 0 Å². The molecule has 0 atom stereocenters. The highest BCUT2D eigenvalue weighted by atomic mass is 14.8. The number of H-pyrrole nitrogens is 2. The molecule has 0 saturated heterocycles. The predicted molar refractivity (Wildman–Crippen MR) is 410 cm³/mol. The number of hydrogen-bond donors (Lipinski definition) is 2. The predicted octanol–water partition coefficient (Wildman–Crippen LogP) is 25.6. The highest BCUT2D eigenvalue weighted by molar-refractivity contribution is 6.55. The van der Waals surface area contributed by atoms with E-state index in [2.05, 4.69) is 304 Å². The Balaban J connectivity index is 1.14. The first-order valence-corrected chi connectivity index (χ1v) is 34.1. The minimum absolute atomic E-state index is 0.123. The zero-order valence-corrected chi connectivity index (χ0v) is 58.1. The standard InChI is InChI=1S/C90H84N4/c1-85(2,3)50-35-47(36-51(41-50)86(4,5)6)74-67-29-30-68(91-67)75(48-37-52(87(7,8)9)42-53(38-48)88(10,11)12)70-33-34-72(93-70)78-66-45-63-59-26-22-20-24-57(59)61-28-27-60-56-23-19-21-25-58(56)62-44-64(77(66)83-81(62)79(60)80(61)82(63)83)65-46-73(94-84(65)78)76(71-32-31-69(74)92-71)49-39-54(89(13,14)15)43-55(40-49)90(16,17)18/h19-46,91,94H,1-18H3. The molecule has 2 aliphatic heterocycles. The second-order valence-electron chi connectivity index (χ2n) is 34.0. The Morgan fingerprint density at radius 3 is 0.936 bits per heavy atom. The van der Waals surface area contributed by atoms with Gasteiger partial charge in [-0.3, -0.25) is 0 Å². The van der Waals surface area contributed by atoms with Crippen molar-refractivity contribution in [1.29, 1.82) is 0 Å². The second-order valence-corrected chi connectivity index (χ2v) is 34.0. The van der Waals surface area contributed by atoms with Crippen molar-refractivity contribution in [1.82, 2.24) is 19.9 Å². The minimum Gasteiger partial charge on any atom is -0.354 e. The largest absolute Gasteiger partial charge is 0.354 e. The lowest BCUT2D eigenvalue weighted by Crippen LogP contribution is -2.16. The van der Waals surface area contributed by atoms with Gasteiger partial charge in [-0.25, -0.2) is 9.97 Å². The van der Waals surface area contributed by atoms with Crippen LogP contribution in [0.1, 0.15) is 181 Å². The molecule has 2 aliphatic rings. The Labute approximate surface area is 552 Å². The van der Waals surface area contributed by atoms with Crippen LogP contribution in [0.2, 0.25) is 0 Å². The zero-order valence-electron chi connectivity index (χ0n) is 58.1. The smallest absolute Gasteiger partial charge is 0.0737 e. The van der Waals surface area contributed by atoms with Crippen molar-refractivity contribution in [2.45, 2.75) is 157 Å². The monoisotopic (exact) mass is 1220 g/mol. The molecule has 0 unspecified atom stereocenters. The van der Waals surface area contributed by atoms with Gasteiger partial charge in [0.05, 0.1) is 28.3 Å². The maximum atomic E-state index is 6.10. The Morgan fingerprint density at radius 1 is 0.234 bits per heavy atom. The maximum Gasteiger partial charge on any atom is 0.0737 e. The van der Waals surface area contributed by atoms with E-state index in [-0.39, 0.29) is 32.5 Å². The lowest BCUT2D eigenvalue weighted by molar-refractivity contribution is 0.568. The van der Waals surface area contributed by atoms with Crippen molar-refractivity contribution >= 4 is 143 Å². The Morgan fingerprint density at radius 2 is 0.553 bits per heavy atom. The lowest BCUT2D eigenvalue weighted by Gasteiger charge is -2.26. The number of aromatic amines is 2. The van der Waals surface area contributed by atoms with Gasteiger partial charge in [-0.1, -0.05) is 240 Å². The molecule has 8 bridgehead atoms. The summed E-state index contributed by atoms with van der Waals surface area (Å²) in [5, 5.41) is 23.1. The molecule has 94 heavy (non-hydrogen) atoms. The van der Waals surface area contributed by atoms with E-state index in [1.165, 1.54) is 125 Å². The van der Waals surface area contributed by atoms with E-state index in [0.29, 0.717) is 0 Å². The van der Waals surface area contributed by atoms with Gasteiger partial charge in [0.25, 0.3) is 0 Å². The van der Waals surface area contributed by atoms with Gasteiger partial charge in [-0.05, 0) is 223 Å². The highest BCUT2D eigenvalue weighted by Crippen LogP contribution is 2.57. The number of hydrogen-bond acceptors (Lipinski definition) is 2. The molecule has 0 fully saturated rings. The van der Waals surface area contributed by atoms with Crippen LogP contribution in [0.3, 0.4) is 0 Å². The second kappa shape index (κ2) is 19.2. The molecule has 2 N–H and O–H groups in total. The zero-order chi connectivity index (χ0) is 65.6. The molecule has 4 heteroatoms. The van der Waals surface area contributed by atoms with Crippen molar-refractivity contribution in [2.75, 3.05) is 0 Å².